The van der Waals surface area contributed by atoms with Gasteiger partial charge in [-0.1, -0.05) is 109 Å². The number of anilines is 1. The van der Waals surface area contributed by atoms with Crippen LogP contribution in [0.25, 0.3) is 0 Å². The first-order valence-electron chi connectivity index (χ1n) is 10.7. The molecule has 1 atom stereocenters. The van der Waals surface area contributed by atoms with Crippen LogP contribution >= 0.6 is 0 Å². The van der Waals surface area contributed by atoms with E-state index in [0.717, 1.165) is 18.5 Å². The third-order valence-electron chi connectivity index (χ3n) is 4.95. The molecule has 0 fully saturated rings. The normalized spacial score (nSPS) is 12.2. The lowest BCUT2D eigenvalue weighted by Gasteiger charge is -2.19. The lowest BCUT2D eigenvalue weighted by atomic mass is 10.0. The largest absolute Gasteiger partial charge is 0.289 e. The van der Waals surface area contributed by atoms with E-state index in [-0.39, 0.29) is 0 Å². The van der Waals surface area contributed by atoms with E-state index < -0.39 is 11.3 Å². The first-order chi connectivity index (χ1) is 12.8. The molecule has 0 spiro atoms. The fourth-order valence-electron chi connectivity index (χ4n) is 3.34. The zero-order valence-corrected chi connectivity index (χ0v) is 17.5. The Labute approximate surface area is 164 Å². The van der Waals surface area contributed by atoms with Gasteiger partial charge in [-0.2, -0.15) is 0 Å². The van der Waals surface area contributed by atoms with Crippen molar-refractivity contribution in [2.75, 3.05) is 10.8 Å². The molecule has 0 bridgehead atoms. The average molecular weight is 382 g/mol. The third-order valence-corrected chi connectivity index (χ3v) is 5.72. The highest BCUT2D eigenvalue weighted by atomic mass is 32.2. The fraction of sp³-hybridized carbons (Fsp3) is 0.727. The Morgan fingerprint density at radius 2 is 1.15 bits per heavy atom. The lowest BCUT2D eigenvalue weighted by Crippen LogP contribution is -2.26. The summed E-state index contributed by atoms with van der Waals surface area (Å²) in [6.07, 6.45) is 18.5. The van der Waals surface area contributed by atoms with E-state index in [1.165, 1.54) is 77.0 Å². The zero-order valence-electron chi connectivity index (χ0n) is 16.7. The number of rotatable bonds is 17. The maximum atomic E-state index is 11.5. The van der Waals surface area contributed by atoms with E-state index in [1.54, 1.807) is 4.31 Å². The van der Waals surface area contributed by atoms with Crippen LogP contribution in [0.2, 0.25) is 0 Å². The molecule has 1 aromatic carbocycles. The minimum absolute atomic E-state index is 0.644. The van der Waals surface area contributed by atoms with Gasteiger partial charge < -0.3 is 0 Å². The second kappa shape index (κ2) is 16.3. The molecule has 0 amide bonds. The summed E-state index contributed by atoms with van der Waals surface area (Å²) in [4.78, 5) is 0. The van der Waals surface area contributed by atoms with Crippen LogP contribution in [0, 0.1) is 0 Å². The standard InChI is InChI=1S/C22H39NO2S/c1-2-3-4-5-6-7-8-9-10-11-12-13-14-18-21-23(26(24)25)22-19-16-15-17-20-22/h15-17,19-20H,2-14,18,21H2,1H3,(H,24,25). The topological polar surface area (TPSA) is 40.5 Å². The maximum Gasteiger partial charge on any atom is 0.261 e. The molecule has 3 nitrogen and oxygen atoms in total. The molecule has 0 radical (unpaired) electrons. The highest BCUT2D eigenvalue weighted by Gasteiger charge is 2.10. The summed E-state index contributed by atoms with van der Waals surface area (Å²) >= 11 is -1.94. The van der Waals surface area contributed by atoms with Gasteiger partial charge in [0.1, 0.15) is 0 Å². The van der Waals surface area contributed by atoms with Crippen LogP contribution in [0.3, 0.4) is 0 Å². The molecule has 1 aromatic rings. The van der Waals surface area contributed by atoms with Gasteiger partial charge in [0.2, 0.25) is 0 Å². The van der Waals surface area contributed by atoms with Crippen molar-refractivity contribution < 1.29 is 8.76 Å². The maximum absolute atomic E-state index is 11.5. The van der Waals surface area contributed by atoms with Crippen molar-refractivity contribution >= 4 is 17.0 Å². The molecule has 0 aliphatic heterocycles. The summed E-state index contributed by atoms with van der Waals surface area (Å²) in [6, 6.07) is 9.51. The highest BCUT2D eigenvalue weighted by Crippen LogP contribution is 2.17. The van der Waals surface area contributed by atoms with Gasteiger partial charge in [-0.3, -0.25) is 8.86 Å². The van der Waals surface area contributed by atoms with Gasteiger partial charge >= 0.3 is 0 Å². The van der Waals surface area contributed by atoms with Crippen LogP contribution < -0.4 is 4.31 Å². The Kier molecular flexibility index (Phi) is 14.5. The molecule has 150 valence electrons. The Bertz CT molecular complexity index is 453. The van der Waals surface area contributed by atoms with E-state index in [0.29, 0.717) is 6.54 Å². The van der Waals surface area contributed by atoms with Crippen molar-refractivity contribution in [1.29, 1.82) is 0 Å². The van der Waals surface area contributed by atoms with Crippen LogP contribution in [0.15, 0.2) is 30.3 Å². The van der Waals surface area contributed by atoms with Gasteiger partial charge in [0.05, 0.1) is 5.69 Å². The first kappa shape index (κ1) is 23.2. The molecule has 0 aliphatic carbocycles. The predicted octanol–water partition coefficient (Wildman–Crippen LogP) is 7.11. The lowest BCUT2D eigenvalue weighted by molar-refractivity contribution is 0.533. The highest BCUT2D eigenvalue weighted by molar-refractivity contribution is 7.80. The summed E-state index contributed by atoms with van der Waals surface area (Å²) in [5.41, 5.74) is 0.822. The van der Waals surface area contributed by atoms with Crippen molar-refractivity contribution in [3.05, 3.63) is 30.3 Å². The summed E-state index contributed by atoms with van der Waals surface area (Å²) in [7, 11) is 0. The first-order valence-corrected chi connectivity index (χ1v) is 11.8. The summed E-state index contributed by atoms with van der Waals surface area (Å²) in [5.74, 6) is 0. The number of hydrogen-bond donors (Lipinski definition) is 1. The van der Waals surface area contributed by atoms with Crippen LogP contribution in [-0.2, 0) is 11.3 Å². The van der Waals surface area contributed by atoms with E-state index in [9.17, 15) is 8.76 Å². The van der Waals surface area contributed by atoms with Crippen LogP contribution in [-0.4, -0.2) is 15.3 Å². The van der Waals surface area contributed by atoms with E-state index in [2.05, 4.69) is 6.92 Å². The van der Waals surface area contributed by atoms with Gasteiger partial charge in [0, 0.05) is 6.54 Å². The zero-order chi connectivity index (χ0) is 18.9. The molecule has 4 heteroatoms. The van der Waals surface area contributed by atoms with Gasteiger partial charge in [0.15, 0.2) is 0 Å². The van der Waals surface area contributed by atoms with E-state index in [1.807, 2.05) is 30.3 Å². The van der Waals surface area contributed by atoms with Crippen molar-refractivity contribution in [2.24, 2.45) is 0 Å². The molecule has 1 N–H and O–H groups in total. The smallest absolute Gasteiger partial charge is 0.261 e. The molecular weight excluding hydrogens is 342 g/mol. The number of hydrogen-bond acceptors (Lipinski definition) is 1. The SMILES string of the molecule is CCCCCCCCCCCCCCCCN(c1ccccc1)S(=O)O. The number of unbranched alkanes of at least 4 members (excludes halogenated alkanes) is 13. The molecule has 1 unspecified atom stereocenters. The summed E-state index contributed by atoms with van der Waals surface area (Å²) in [5, 5.41) is 0. The Morgan fingerprint density at radius 3 is 1.58 bits per heavy atom. The van der Waals surface area contributed by atoms with Crippen molar-refractivity contribution in [3.63, 3.8) is 0 Å². The van der Waals surface area contributed by atoms with E-state index in [4.69, 9.17) is 0 Å². The molecule has 0 aliphatic rings. The minimum Gasteiger partial charge on any atom is -0.289 e. The quantitative estimate of drug-likeness (QED) is 0.231. The Hall–Kier alpha value is -0.870. The van der Waals surface area contributed by atoms with Gasteiger partial charge in [0.25, 0.3) is 11.3 Å². The van der Waals surface area contributed by atoms with Gasteiger partial charge in [-0.05, 0) is 18.6 Å². The van der Waals surface area contributed by atoms with Gasteiger partial charge in [-0.25, -0.2) is 4.21 Å². The summed E-state index contributed by atoms with van der Waals surface area (Å²) < 4.78 is 22.5. The van der Waals surface area contributed by atoms with Gasteiger partial charge in [-0.15, -0.1) is 0 Å². The molecule has 0 saturated heterocycles. The Balaban J connectivity index is 1.93. The number of benzene rings is 1. The van der Waals surface area contributed by atoms with Crippen molar-refractivity contribution in [2.45, 2.75) is 96.8 Å². The van der Waals surface area contributed by atoms with Crippen LogP contribution in [0.1, 0.15) is 96.8 Å². The average Bonchev–Trinajstić information content (AvgIpc) is 2.65. The molecule has 26 heavy (non-hydrogen) atoms. The minimum atomic E-state index is -1.94. The monoisotopic (exact) mass is 381 g/mol. The third kappa shape index (κ3) is 11.7. The molecule has 0 heterocycles. The summed E-state index contributed by atoms with van der Waals surface area (Å²) in [6.45, 7) is 2.91. The molecular formula is C22H39NO2S. The van der Waals surface area contributed by atoms with Crippen molar-refractivity contribution in [3.8, 4) is 0 Å². The second-order valence-electron chi connectivity index (χ2n) is 7.26. The predicted molar refractivity (Wildman–Crippen MR) is 115 cm³/mol. The van der Waals surface area contributed by atoms with Crippen molar-refractivity contribution in [1.82, 2.24) is 0 Å². The second-order valence-corrected chi connectivity index (χ2v) is 8.17. The van der Waals surface area contributed by atoms with Crippen LogP contribution in [0.5, 0.6) is 0 Å². The fourth-order valence-corrected chi connectivity index (χ4v) is 3.93. The Morgan fingerprint density at radius 1 is 0.731 bits per heavy atom. The van der Waals surface area contributed by atoms with Crippen LogP contribution in [0.4, 0.5) is 5.69 Å². The number of para-hydroxylation sites is 1. The molecule has 0 aromatic heterocycles. The molecule has 0 saturated carbocycles. The number of nitrogens with zero attached hydrogens (tertiary/aromatic N) is 1. The molecule has 1 rings (SSSR count). The van der Waals surface area contributed by atoms with E-state index >= 15 is 0 Å².